The molecule has 0 N–H and O–H groups in total. The summed E-state index contributed by atoms with van der Waals surface area (Å²) in [7, 11) is 0. The van der Waals surface area contributed by atoms with E-state index in [0.29, 0.717) is 11.3 Å². The van der Waals surface area contributed by atoms with Crippen LogP contribution in [0.2, 0.25) is 0 Å². The van der Waals surface area contributed by atoms with E-state index in [0.717, 1.165) is 6.42 Å². The number of fused-ring (bicyclic) bond motifs is 3. The second-order valence-corrected chi connectivity index (χ2v) is 8.86. The van der Waals surface area contributed by atoms with Gasteiger partial charge in [0.15, 0.2) is 0 Å². The quantitative estimate of drug-likeness (QED) is 0.177. The molecule has 0 aromatic heterocycles. The Morgan fingerprint density at radius 2 is 1.44 bits per heavy atom. The average Bonchev–Trinajstić information content (AvgIpc) is 3.42. The Hall–Kier alpha value is -1.53. The molecule has 3 aromatic rings. The van der Waals surface area contributed by atoms with E-state index in [9.17, 15) is 0 Å². The Morgan fingerprint density at radius 1 is 0.861 bits per heavy atom. The third-order valence-electron chi connectivity index (χ3n) is 5.30. The summed E-state index contributed by atoms with van der Waals surface area (Å²) in [5.74, 6) is 0.518. The topological polar surface area (TPSA) is 0 Å². The first-order valence-electron chi connectivity index (χ1n) is 11.7. The zero-order valence-electron chi connectivity index (χ0n) is 22.5. The predicted octanol–water partition coefficient (Wildman–Crippen LogP) is 9.55. The Balaban J connectivity index is 0. The number of hydrogen-bond donors (Lipinski definition) is 0. The Morgan fingerprint density at radius 3 is 1.89 bits per heavy atom. The standard InChI is InChI=1S/C13H9.C11H17.C6H5.C2H5.CH2.2ClH.Zr/c1-3-7-12-10(5-1)9-11-6-2-4-8-13(11)12;1-8-6-9(2)10(7-8)11(3,4)5;1-2-4-6-5-3-1;1-2;;;;/h1-5,7-8H,9H2;7-8H,1-5H3;1-5H;1H2,2H3;1H2;2*1H;/q4*-1;;;;. The van der Waals surface area contributed by atoms with Gasteiger partial charge >= 0.3 is 28.4 Å². The molecular formula is C33H40Cl2Zr-4. The molecule has 0 amide bonds. The van der Waals surface area contributed by atoms with Gasteiger partial charge in [-0.2, -0.15) is 84.8 Å². The van der Waals surface area contributed by atoms with Crippen LogP contribution in [0, 0.1) is 36.5 Å². The molecule has 0 spiro atoms. The van der Waals surface area contributed by atoms with Crippen molar-refractivity contribution < 1.29 is 24.2 Å². The summed E-state index contributed by atoms with van der Waals surface area (Å²) < 4.78 is 3.34. The van der Waals surface area contributed by atoms with Crippen molar-refractivity contribution in [2.75, 3.05) is 0 Å². The van der Waals surface area contributed by atoms with Crippen LogP contribution in [0.4, 0.5) is 0 Å². The molecule has 1 atom stereocenters. The fraction of sp³-hybridized carbons (Fsp3) is 0.273. The summed E-state index contributed by atoms with van der Waals surface area (Å²) in [5.41, 5.74) is 8.60. The molecule has 0 fully saturated rings. The summed E-state index contributed by atoms with van der Waals surface area (Å²) >= 11 is 1.30. The predicted molar refractivity (Wildman–Crippen MR) is 161 cm³/mol. The van der Waals surface area contributed by atoms with Crippen LogP contribution >= 0.6 is 24.8 Å². The average molecular weight is 599 g/mol. The van der Waals surface area contributed by atoms with E-state index in [4.69, 9.17) is 0 Å². The molecule has 36 heavy (non-hydrogen) atoms. The molecule has 5 rings (SSSR count). The normalized spacial score (nSPS) is 13.7. The van der Waals surface area contributed by atoms with Crippen LogP contribution in [0.1, 0.15) is 52.7 Å². The first kappa shape index (κ1) is 36.6. The molecule has 0 nitrogen and oxygen atoms in total. The van der Waals surface area contributed by atoms with Gasteiger partial charge in [-0.25, -0.2) is 5.57 Å². The van der Waals surface area contributed by atoms with Gasteiger partial charge in [0.1, 0.15) is 0 Å². The third-order valence-corrected chi connectivity index (χ3v) is 5.30. The summed E-state index contributed by atoms with van der Waals surface area (Å²) in [4.78, 5) is 0. The number of allylic oxidation sites excluding steroid dienone is 4. The first-order valence-corrected chi connectivity index (χ1v) is 13.5. The Labute approximate surface area is 248 Å². The van der Waals surface area contributed by atoms with Crippen LogP contribution in [0.3, 0.4) is 0 Å². The minimum Gasteiger partial charge on any atom is -0.184 e. The van der Waals surface area contributed by atoms with Crippen molar-refractivity contribution in [2.24, 2.45) is 11.3 Å². The van der Waals surface area contributed by atoms with Crippen molar-refractivity contribution in [1.82, 2.24) is 0 Å². The smallest absolute Gasteiger partial charge is 0.0253 e. The first-order chi connectivity index (χ1) is 16.4. The van der Waals surface area contributed by atoms with Crippen molar-refractivity contribution in [3.63, 3.8) is 0 Å². The molecule has 1 unspecified atom stereocenters. The molecule has 0 saturated heterocycles. The van der Waals surface area contributed by atoms with Gasteiger partial charge in [-0.3, -0.25) is 6.08 Å². The van der Waals surface area contributed by atoms with Gasteiger partial charge in [-0.1, -0.05) is 81.3 Å². The van der Waals surface area contributed by atoms with Crippen LogP contribution in [0.25, 0.3) is 11.1 Å². The van der Waals surface area contributed by atoms with Crippen molar-refractivity contribution in [3.05, 3.63) is 126 Å². The van der Waals surface area contributed by atoms with E-state index in [1.165, 1.54) is 57.6 Å². The summed E-state index contributed by atoms with van der Waals surface area (Å²) in [6.45, 7) is 16.1. The molecule has 2 aliphatic rings. The van der Waals surface area contributed by atoms with Gasteiger partial charge in [0, 0.05) is 0 Å². The van der Waals surface area contributed by atoms with E-state index in [1.807, 2.05) is 36.4 Å². The van der Waals surface area contributed by atoms with Gasteiger partial charge in [0.2, 0.25) is 0 Å². The Kier molecular flexibility index (Phi) is 19.9. The van der Waals surface area contributed by atoms with Crippen LogP contribution in [-0.2, 0) is 30.7 Å². The van der Waals surface area contributed by atoms with Crippen molar-refractivity contribution >= 4 is 29.0 Å². The maximum atomic E-state index is 3.40. The number of hydrogen-bond acceptors (Lipinski definition) is 0. The SMILES string of the molecule is CC1=[C-]C(C)C=C1C(C)(C)C.Cl.Cl.[CH2-]C.[CH2]=[Zr].[c-]1cccc2c1Cc1ccccc1-2.[c-]1ccccc1. The molecule has 0 radical (unpaired) electrons. The molecular weight excluding hydrogens is 558 g/mol. The molecule has 3 aromatic carbocycles. The Bertz CT molecular complexity index is 976. The number of benzene rings is 3. The third kappa shape index (κ3) is 11.7. The van der Waals surface area contributed by atoms with Crippen LogP contribution in [-0.4, -0.2) is 4.21 Å². The summed E-state index contributed by atoms with van der Waals surface area (Å²) in [6.07, 6.45) is 6.76. The van der Waals surface area contributed by atoms with Gasteiger partial charge in [0.05, 0.1) is 0 Å². The van der Waals surface area contributed by atoms with Crippen LogP contribution in [0.15, 0.2) is 90.0 Å². The maximum Gasteiger partial charge on any atom is -0.0253 e. The van der Waals surface area contributed by atoms with E-state index < -0.39 is 0 Å². The second kappa shape index (κ2) is 19.6. The van der Waals surface area contributed by atoms with E-state index in [-0.39, 0.29) is 24.8 Å². The van der Waals surface area contributed by atoms with Crippen LogP contribution < -0.4 is 0 Å². The monoisotopic (exact) mass is 596 g/mol. The summed E-state index contributed by atoms with van der Waals surface area (Å²) in [5, 5.41) is 0. The molecule has 3 heteroatoms. The number of rotatable bonds is 0. The maximum absolute atomic E-state index is 3.40. The molecule has 0 saturated carbocycles. The molecule has 2 aliphatic carbocycles. The van der Waals surface area contributed by atoms with E-state index in [1.54, 1.807) is 6.92 Å². The second-order valence-electron chi connectivity index (χ2n) is 8.86. The molecule has 0 heterocycles. The fourth-order valence-electron chi connectivity index (χ4n) is 3.99. The van der Waals surface area contributed by atoms with Crippen molar-refractivity contribution in [1.29, 1.82) is 0 Å². The molecule has 0 aliphatic heterocycles. The molecule has 194 valence electrons. The van der Waals surface area contributed by atoms with Gasteiger partial charge in [-0.05, 0) is 6.42 Å². The van der Waals surface area contributed by atoms with Crippen LogP contribution in [0.5, 0.6) is 0 Å². The van der Waals surface area contributed by atoms with E-state index in [2.05, 4.69) is 106 Å². The fourth-order valence-corrected chi connectivity index (χ4v) is 3.99. The van der Waals surface area contributed by atoms with Crippen molar-refractivity contribution in [2.45, 2.75) is 48.0 Å². The van der Waals surface area contributed by atoms with E-state index >= 15 is 0 Å². The van der Waals surface area contributed by atoms with Gasteiger partial charge in [-0.15, -0.1) is 30.4 Å². The molecule has 0 bridgehead atoms. The minimum atomic E-state index is 0. The zero-order chi connectivity index (χ0) is 25.6. The zero-order valence-corrected chi connectivity index (χ0v) is 26.6. The van der Waals surface area contributed by atoms with Gasteiger partial charge < -0.3 is 6.92 Å². The number of halogens is 2. The summed E-state index contributed by atoms with van der Waals surface area (Å²) in [6, 6.07) is 30.6. The minimum absolute atomic E-state index is 0. The van der Waals surface area contributed by atoms with Gasteiger partial charge in [0.25, 0.3) is 0 Å². The largest absolute Gasteiger partial charge is 0.184 e. The van der Waals surface area contributed by atoms with Crippen molar-refractivity contribution in [3.8, 4) is 11.1 Å².